The lowest BCUT2D eigenvalue weighted by molar-refractivity contribution is -0.126. The molecule has 0 saturated heterocycles. The number of nitrogens with zero attached hydrogens (tertiary/aromatic N) is 3. The van der Waals surface area contributed by atoms with Crippen molar-refractivity contribution in [3.05, 3.63) is 28.1 Å². The summed E-state index contributed by atoms with van der Waals surface area (Å²) < 4.78 is 5.78. The van der Waals surface area contributed by atoms with Crippen LogP contribution in [0.1, 0.15) is 23.2 Å². The van der Waals surface area contributed by atoms with Crippen LogP contribution in [0.3, 0.4) is 0 Å². The molecular formula is C17H17N3O2S. The van der Waals surface area contributed by atoms with Crippen LogP contribution in [0, 0.1) is 25.2 Å². The van der Waals surface area contributed by atoms with Gasteiger partial charge in [0, 0.05) is 10.4 Å². The second-order valence-corrected chi connectivity index (χ2v) is 6.82. The van der Waals surface area contributed by atoms with Crippen molar-refractivity contribution < 1.29 is 9.53 Å². The van der Waals surface area contributed by atoms with Gasteiger partial charge in [0.25, 0.3) is 5.91 Å². The topological polar surface area (TPSA) is 66.2 Å². The van der Waals surface area contributed by atoms with Crippen molar-refractivity contribution in [2.45, 2.75) is 33.3 Å². The van der Waals surface area contributed by atoms with Gasteiger partial charge in [-0.05, 0) is 38.5 Å². The largest absolute Gasteiger partial charge is 0.478 e. The fourth-order valence-electron chi connectivity index (χ4n) is 2.76. The fraction of sp³-hybridized carbons (Fsp3) is 0.353. The van der Waals surface area contributed by atoms with Crippen molar-refractivity contribution in [2.24, 2.45) is 0 Å². The number of ether oxygens (including phenoxy) is 1. The quantitative estimate of drug-likeness (QED) is 0.810. The van der Waals surface area contributed by atoms with Crippen LogP contribution < -0.4 is 9.64 Å². The summed E-state index contributed by atoms with van der Waals surface area (Å²) in [6, 6.07) is 7.76. The second-order valence-electron chi connectivity index (χ2n) is 5.42. The third-order valence-electron chi connectivity index (χ3n) is 3.84. The van der Waals surface area contributed by atoms with E-state index in [1.807, 2.05) is 39.0 Å². The van der Waals surface area contributed by atoms with E-state index in [4.69, 9.17) is 10.00 Å². The third-order valence-corrected chi connectivity index (χ3v) is 4.72. The standard InChI is InChI=1S/C17H17N3O2S/c1-4-14-17(21)20(8-7-18)13-9-12(5-6-15(13)22-14)16-10(2)23-11(3)19-16/h5-6,9,14H,4,8H2,1-3H3. The number of aromatic nitrogens is 1. The van der Waals surface area contributed by atoms with Crippen LogP contribution in [-0.2, 0) is 4.79 Å². The number of hydrogen-bond donors (Lipinski definition) is 0. The minimum absolute atomic E-state index is 0.0181. The highest BCUT2D eigenvalue weighted by molar-refractivity contribution is 7.11. The second kappa shape index (κ2) is 6.01. The Kier molecular flexibility index (Phi) is 4.05. The van der Waals surface area contributed by atoms with E-state index in [1.54, 1.807) is 11.3 Å². The molecule has 1 amide bonds. The van der Waals surface area contributed by atoms with Gasteiger partial charge >= 0.3 is 0 Å². The average Bonchev–Trinajstić information content (AvgIpc) is 2.88. The Labute approximate surface area is 139 Å². The number of anilines is 1. The molecule has 0 saturated carbocycles. The van der Waals surface area contributed by atoms with Gasteiger partial charge in [-0.1, -0.05) is 6.92 Å². The summed E-state index contributed by atoms with van der Waals surface area (Å²) in [5.74, 6) is 0.477. The van der Waals surface area contributed by atoms with E-state index in [9.17, 15) is 4.79 Å². The van der Waals surface area contributed by atoms with E-state index < -0.39 is 6.10 Å². The highest BCUT2D eigenvalue weighted by Gasteiger charge is 2.33. The first-order valence-electron chi connectivity index (χ1n) is 7.48. The van der Waals surface area contributed by atoms with Gasteiger partial charge in [0.2, 0.25) is 0 Å². The number of nitriles is 1. The zero-order valence-electron chi connectivity index (χ0n) is 13.3. The van der Waals surface area contributed by atoms with Gasteiger partial charge < -0.3 is 4.74 Å². The number of carbonyl (C=O) groups is 1. The summed E-state index contributed by atoms with van der Waals surface area (Å²) in [6.45, 7) is 5.92. The van der Waals surface area contributed by atoms with E-state index in [-0.39, 0.29) is 12.5 Å². The Morgan fingerprint density at radius 1 is 1.43 bits per heavy atom. The van der Waals surface area contributed by atoms with Gasteiger partial charge in [0.05, 0.1) is 22.5 Å². The van der Waals surface area contributed by atoms with Crippen LogP contribution in [0.2, 0.25) is 0 Å². The van der Waals surface area contributed by atoms with E-state index >= 15 is 0 Å². The number of carbonyl (C=O) groups excluding carboxylic acids is 1. The number of fused-ring (bicyclic) bond motifs is 1. The maximum atomic E-state index is 12.5. The van der Waals surface area contributed by atoms with Crippen LogP contribution in [0.15, 0.2) is 18.2 Å². The molecule has 1 atom stereocenters. The Morgan fingerprint density at radius 2 is 2.22 bits per heavy atom. The average molecular weight is 327 g/mol. The van der Waals surface area contributed by atoms with Crippen molar-refractivity contribution in [3.8, 4) is 23.1 Å². The summed E-state index contributed by atoms with van der Waals surface area (Å²) in [4.78, 5) is 19.7. The van der Waals surface area contributed by atoms with Gasteiger partial charge in [0.1, 0.15) is 12.3 Å². The molecular weight excluding hydrogens is 310 g/mol. The van der Waals surface area contributed by atoms with Crippen LogP contribution in [0.4, 0.5) is 5.69 Å². The lowest BCUT2D eigenvalue weighted by Gasteiger charge is -2.32. The molecule has 0 radical (unpaired) electrons. The number of aryl methyl sites for hydroxylation is 2. The predicted molar refractivity (Wildman–Crippen MR) is 89.7 cm³/mol. The molecule has 6 heteroatoms. The first-order chi connectivity index (χ1) is 11.0. The lowest BCUT2D eigenvalue weighted by atomic mass is 10.1. The maximum absolute atomic E-state index is 12.5. The summed E-state index contributed by atoms with van der Waals surface area (Å²) in [7, 11) is 0. The van der Waals surface area contributed by atoms with Crippen LogP contribution in [0.25, 0.3) is 11.3 Å². The van der Waals surface area contributed by atoms with Gasteiger partial charge in [-0.25, -0.2) is 4.98 Å². The number of benzene rings is 1. The molecule has 1 aromatic carbocycles. The van der Waals surface area contributed by atoms with Crippen molar-refractivity contribution >= 4 is 22.9 Å². The zero-order chi connectivity index (χ0) is 16.6. The summed E-state index contributed by atoms with van der Waals surface area (Å²) >= 11 is 1.64. The molecule has 0 aliphatic carbocycles. The molecule has 3 rings (SSSR count). The third kappa shape index (κ3) is 2.68. The number of amides is 1. The molecule has 118 valence electrons. The van der Waals surface area contributed by atoms with Crippen molar-refractivity contribution in [1.82, 2.24) is 4.98 Å². The zero-order valence-corrected chi connectivity index (χ0v) is 14.1. The molecule has 23 heavy (non-hydrogen) atoms. The molecule has 0 fully saturated rings. The Balaban J connectivity index is 2.09. The highest BCUT2D eigenvalue weighted by atomic mass is 32.1. The molecule has 1 aliphatic rings. The first-order valence-corrected chi connectivity index (χ1v) is 8.30. The van der Waals surface area contributed by atoms with Crippen molar-refractivity contribution in [2.75, 3.05) is 11.4 Å². The Hall–Kier alpha value is -2.39. The van der Waals surface area contributed by atoms with E-state index in [0.717, 1.165) is 21.1 Å². The molecule has 1 aliphatic heterocycles. The predicted octanol–water partition coefficient (Wildman–Crippen LogP) is 3.45. The van der Waals surface area contributed by atoms with Crippen LogP contribution in [-0.4, -0.2) is 23.5 Å². The Bertz CT molecular complexity index is 807. The Morgan fingerprint density at radius 3 is 2.83 bits per heavy atom. The number of hydrogen-bond acceptors (Lipinski definition) is 5. The lowest BCUT2D eigenvalue weighted by Crippen LogP contribution is -2.45. The van der Waals surface area contributed by atoms with Gasteiger partial charge in [0.15, 0.2) is 6.10 Å². The van der Waals surface area contributed by atoms with Gasteiger partial charge in [-0.2, -0.15) is 5.26 Å². The normalized spacial score (nSPS) is 16.7. The van der Waals surface area contributed by atoms with Crippen LogP contribution in [0.5, 0.6) is 5.75 Å². The molecule has 1 aromatic heterocycles. The molecule has 5 nitrogen and oxygen atoms in total. The SMILES string of the molecule is CCC1Oc2ccc(-c3nc(C)sc3C)cc2N(CC#N)C1=O. The highest BCUT2D eigenvalue weighted by Crippen LogP contribution is 2.39. The molecule has 2 heterocycles. The summed E-state index contributed by atoms with van der Waals surface area (Å²) in [5, 5.41) is 10.1. The first kappa shape index (κ1) is 15.5. The molecule has 2 aromatic rings. The summed E-state index contributed by atoms with van der Waals surface area (Å²) in [5.41, 5.74) is 2.49. The maximum Gasteiger partial charge on any atom is 0.269 e. The van der Waals surface area contributed by atoms with Crippen molar-refractivity contribution in [1.29, 1.82) is 5.26 Å². The minimum Gasteiger partial charge on any atom is -0.478 e. The number of thiazole rings is 1. The molecule has 0 spiro atoms. The van der Waals surface area contributed by atoms with E-state index in [2.05, 4.69) is 11.1 Å². The van der Waals surface area contributed by atoms with E-state index in [1.165, 1.54) is 4.90 Å². The smallest absolute Gasteiger partial charge is 0.269 e. The monoisotopic (exact) mass is 327 g/mol. The fourth-order valence-corrected chi connectivity index (χ4v) is 3.60. The van der Waals surface area contributed by atoms with Gasteiger partial charge in [-0.3, -0.25) is 9.69 Å². The van der Waals surface area contributed by atoms with Crippen molar-refractivity contribution in [3.63, 3.8) is 0 Å². The molecule has 1 unspecified atom stereocenters. The molecule has 0 bridgehead atoms. The summed E-state index contributed by atoms with van der Waals surface area (Å²) in [6.07, 6.45) is 0.0525. The van der Waals surface area contributed by atoms with Crippen LogP contribution >= 0.6 is 11.3 Å². The van der Waals surface area contributed by atoms with E-state index in [0.29, 0.717) is 17.9 Å². The molecule has 0 N–H and O–H groups in total. The number of rotatable bonds is 3. The minimum atomic E-state index is -0.523. The van der Waals surface area contributed by atoms with Gasteiger partial charge in [-0.15, -0.1) is 11.3 Å².